The van der Waals surface area contributed by atoms with E-state index in [4.69, 9.17) is 12.2 Å². The lowest BCUT2D eigenvalue weighted by Gasteiger charge is -2.14. The summed E-state index contributed by atoms with van der Waals surface area (Å²) in [6.45, 7) is 5.24. The molecule has 0 atom stereocenters. The maximum Gasteiger partial charge on any atom is 0.103 e. The first-order valence-electron chi connectivity index (χ1n) is 4.28. The molecule has 0 unspecified atom stereocenters. The highest BCUT2D eigenvalue weighted by molar-refractivity contribution is 7.80. The molecule has 0 aliphatic carbocycles. The van der Waals surface area contributed by atoms with Gasteiger partial charge in [-0.3, -0.25) is 0 Å². The standard InChI is InChI=1S/C9H18N2S.H2/c1-5-8(9(12)10-3)7-11(4)6-2;/h7H,5-6H2,1-4H3,(H,10,12);1H/b8-7+;. The molecule has 0 aromatic heterocycles. The van der Waals surface area contributed by atoms with Gasteiger partial charge in [-0.25, -0.2) is 0 Å². The van der Waals surface area contributed by atoms with Gasteiger partial charge in [0, 0.05) is 33.8 Å². The van der Waals surface area contributed by atoms with Crippen molar-refractivity contribution in [2.24, 2.45) is 0 Å². The Hall–Kier alpha value is -0.570. The first-order valence-corrected chi connectivity index (χ1v) is 4.69. The number of hydrogen-bond acceptors (Lipinski definition) is 2. The number of nitrogens with zero attached hydrogens (tertiary/aromatic N) is 1. The fourth-order valence-corrected chi connectivity index (χ4v) is 1.03. The van der Waals surface area contributed by atoms with Gasteiger partial charge in [0.25, 0.3) is 0 Å². The number of likely N-dealkylation sites (N-methyl/N-ethyl adjacent to an activating group) is 1. The van der Waals surface area contributed by atoms with Crippen LogP contribution in [0.15, 0.2) is 11.8 Å². The van der Waals surface area contributed by atoms with Crippen molar-refractivity contribution in [3.63, 3.8) is 0 Å². The molecule has 0 radical (unpaired) electrons. The van der Waals surface area contributed by atoms with E-state index < -0.39 is 0 Å². The SMILES string of the molecule is CC/C(=C\N(C)CC)C(=S)NC.[HH]. The molecule has 0 saturated heterocycles. The van der Waals surface area contributed by atoms with E-state index in [9.17, 15) is 0 Å². The minimum atomic E-state index is 0. The average molecular weight is 188 g/mol. The van der Waals surface area contributed by atoms with Crippen molar-refractivity contribution in [1.82, 2.24) is 10.2 Å². The highest BCUT2D eigenvalue weighted by Gasteiger charge is 2.00. The molecule has 72 valence electrons. The molecule has 3 heteroatoms. The van der Waals surface area contributed by atoms with Crippen LogP contribution in [0.4, 0.5) is 0 Å². The Balaban J connectivity index is 0. The summed E-state index contributed by atoms with van der Waals surface area (Å²) in [4.78, 5) is 2.97. The molecule has 0 aromatic rings. The van der Waals surface area contributed by atoms with Gasteiger partial charge in [0.15, 0.2) is 0 Å². The summed E-state index contributed by atoms with van der Waals surface area (Å²) in [7, 11) is 3.91. The van der Waals surface area contributed by atoms with Gasteiger partial charge < -0.3 is 10.2 Å². The molecule has 0 saturated carbocycles. The molecule has 0 aliphatic rings. The van der Waals surface area contributed by atoms with Crippen molar-refractivity contribution >= 4 is 17.2 Å². The van der Waals surface area contributed by atoms with Crippen LogP contribution < -0.4 is 5.32 Å². The number of hydrogen-bond donors (Lipinski definition) is 1. The van der Waals surface area contributed by atoms with Crippen molar-refractivity contribution < 1.29 is 1.43 Å². The first-order chi connectivity index (χ1) is 5.65. The zero-order valence-electron chi connectivity index (χ0n) is 8.35. The lowest BCUT2D eigenvalue weighted by molar-refractivity contribution is 0.480. The van der Waals surface area contributed by atoms with Crippen LogP contribution in [-0.2, 0) is 0 Å². The topological polar surface area (TPSA) is 15.3 Å². The van der Waals surface area contributed by atoms with Gasteiger partial charge in [0.05, 0.1) is 0 Å². The van der Waals surface area contributed by atoms with E-state index >= 15 is 0 Å². The van der Waals surface area contributed by atoms with Gasteiger partial charge in [-0.05, 0) is 13.3 Å². The summed E-state index contributed by atoms with van der Waals surface area (Å²) in [5.74, 6) is 0. The molecule has 0 spiro atoms. The molecular formula is C9H20N2S. The monoisotopic (exact) mass is 188 g/mol. The van der Waals surface area contributed by atoms with E-state index in [-0.39, 0.29) is 1.43 Å². The van der Waals surface area contributed by atoms with E-state index in [1.54, 1.807) is 0 Å². The van der Waals surface area contributed by atoms with E-state index in [1.807, 2.05) is 14.1 Å². The van der Waals surface area contributed by atoms with Crippen LogP contribution >= 0.6 is 12.2 Å². The summed E-state index contributed by atoms with van der Waals surface area (Å²) in [6.07, 6.45) is 3.07. The summed E-state index contributed by atoms with van der Waals surface area (Å²) < 4.78 is 0. The first kappa shape index (κ1) is 11.4. The third-order valence-electron chi connectivity index (χ3n) is 1.77. The zero-order valence-corrected chi connectivity index (χ0v) is 9.16. The summed E-state index contributed by atoms with van der Waals surface area (Å²) in [5, 5.41) is 2.98. The highest BCUT2D eigenvalue weighted by Crippen LogP contribution is 2.03. The lowest BCUT2D eigenvalue weighted by atomic mass is 10.2. The predicted molar refractivity (Wildman–Crippen MR) is 60.4 cm³/mol. The Kier molecular flexibility index (Phi) is 5.72. The highest BCUT2D eigenvalue weighted by atomic mass is 32.1. The van der Waals surface area contributed by atoms with E-state index in [0.29, 0.717) is 0 Å². The second-order valence-corrected chi connectivity index (χ2v) is 3.07. The van der Waals surface area contributed by atoms with E-state index in [0.717, 1.165) is 18.0 Å². The van der Waals surface area contributed by atoms with E-state index in [1.165, 1.54) is 5.57 Å². The minimum absolute atomic E-state index is 0. The molecule has 2 nitrogen and oxygen atoms in total. The van der Waals surface area contributed by atoms with Gasteiger partial charge in [0.2, 0.25) is 0 Å². The molecule has 0 fully saturated rings. The number of thiocarbonyl (C=S) groups is 1. The molecule has 0 bridgehead atoms. The lowest BCUT2D eigenvalue weighted by Crippen LogP contribution is -2.20. The third kappa shape index (κ3) is 3.72. The van der Waals surface area contributed by atoms with Gasteiger partial charge in [0.1, 0.15) is 4.99 Å². The Morgan fingerprint density at radius 1 is 1.58 bits per heavy atom. The second-order valence-electron chi connectivity index (χ2n) is 2.66. The summed E-state index contributed by atoms with van der Waals surface area (Å²) in [5.41, 5.74) is 1.19. The van der Waals surface area contributed by atoms with Crippen molar-refractivity contribution in [3.05, 3.63) is 11.8 Å². The normalized spacial score (nSPS) is 11.2. The van der Waals surface area contributed by atoms with Crippen LogP contribution in [0.5, 0.6) is 0 Å². The van der Waals surface area contributed by atoms with Crippen LogP contribution in [0.1, 0.15) is 21.7 Å². The second kappa shape index (κ2) is 6.00. The summed E-state index contributed by atoms with van der Waals surface area (Å²) in [6, 6.07) is 0. The van der Waals surface area contributed by atoms with Gasteiger partial charge >= 0.3 is 0 Å². The van der Waals surface area contributed by atoms with Crippen LogP contribution in [-0.4, -0.2) is 30.5 Å². The Bertz CT molecular complexity index is 180. The van der Waals surface area contributed by atoms with Crippen LogP contribution in [0.25, 0.3) is 0 Å². The van der Waals surface area contributed by atoms with Crippen LogP contribution in [0, 0.1) is 0 Å². The van der Waals surface area contributed by atoms with E-state index in [2.05, 4.69) is 30.3 Å². The Morgan fingerprint density at radius 3 is 2.50 bits per heavy atom. The number of nitrogens with one attached hydrogen (secondary N) is 1. The molecular weight excluding hydrogens is 168 g/mol. The van der Waals surface area contributed by atoms with Crippen LogP contribution in [0.2, 0.25) is 0 Å². The largest absolute Gasteiger partial charge is 0.380 e. The molecule has 0 rings (SSSR count). The quantitative estimate of drug-likeness (QED) is 0.537. The van der Waals surface area contributed by atoms with Crippen molar-refractivity contribution in [2.75, 3.05) is 20.6 Å². The molecule has 1 N–H and O–H groups in total. The molecule has 0 heterocycles. The van der Waals surface area contributed by atoms with Gasteiger partial charge in [-0.2, -0.15) is 0 Å². The Morgan fingerprint density at radius 2 is 2.17 bits per heavy atom. The fraction of sp³-hybridized carbons (Fsp3) is 0.667. The Labute approximate surface area is 82.1 Å². The van der Waals surface area contributed by atoms with Crippen molar-refractivity contribution in [1.29, 1.82) is 0 Å². The fourth-order valence-electron chi connectivity index (χ4n) is 0.828. The predicted octanol–water partition coefficient (Wildman–Crippen LogP) is 2.02. The maximum atomic E-state index is 5.14. The van der Waals surface area contributed by atoms with Gasteiger partial charge in [-0.15, -0.1) is 0 Å². The summed E-state index contributed by atoms with van der Waals surface area (Å²) >= 11 is 5.14. The molecule has 0 amide bonds. The molecule has 12 heavy (non-hydrogen) atoms. The zero-order chi connectivity index (χ0) is 9.56. The molecule has 0 aliphatic heterocycles. The van der Waals surface area contributed by atoms with Gasteiger partial charge in [-0.1, -0.05) is 19.1 Å². The maximum absolute atomic E-state index is 5.14. The van der Waals surface area contributed by atoms with Crippen LogP contribution in [0.3, 0.4) is 0 Å². The third-order valence-corrected chi connectivity index (χ3v) is 2.24. The minimum Gasteiger partial charge on any atom is -0.380 e. The average Bonchev–Trinajstić information content (AvgIpc) is 2.12. The van der Waals surface area contributed by atoms with Crippen molar-refractivity contribution in [3.8, 4) is 0 Å². The molecule has 0 aromatic carbocycles. The number of rotatable bonds is 4. The van der Waals surface area contributed by atoms with Crippen molar-refractivity contribution in [2.45, 2.75) is 20.3 Å². The smallest absolute Gasteiger partial charge is 0.103 e.